The zero-order valence-corrected chi connectivity index (χ0v) is 11.7. The summed E-state index contributed by atoms with van der Waals surface area (Å²) in [7, 11) is 0. The minimum atomic E-state index is -0.244. The van der Waals surface area contributed by atoms with Crippen LogP contribution in [-0.2, 0) is 0 Å². The number of aryl methyl sites for hydroxylation is 1. The normalized spacial score (nSPS) is 12.4. The predicted molar refractivity (Wildman–Crippen MR) is 83.2 cm³/mol. The molecule has 21 heavy (non-hydrogen) atoms. The summed E-state index contributed by atoms with van der Waals surface area (Å²) in [6.45, 7) is 1.91. The summed E-state index contributed by atoms with van der Waals surface area (Å²) < 4.78 is 0. The van der Waals surface area contributed by atoms with Crippen molar-refractivity contribution in [1.29, 1.82) is 0 Å². The average molecular weight is 280 g/mol. The molecule has 1 heterocycles. The van der Waals surface area contributed by atoms with Gasteiger partial charge in [0.05, 0.1) is 5.92 Å². The second-order valence-corrected chi connectivity index (χ2v) is 5.27. The Balaban J connectivity index is 2.11. The predicted octanol–water partition coefficient (Wildman–Crippen LogP) is 3.88. The third-order valence-electron chi connectivity index (χ3n) is 3.81. The van der Waals surface area contributed by atoms with E-state index in [4.69, 9.17) is 0 Å². The zero-order valence-electron chi connectivity index (χ0n) is 11.7. The zero-order chi connectivity index (χ0) is 14.8. The van der Waals surface area contributed by atoms with E-state index in [2.05, 4.69) is 4.98 Å². The Morgan fingerprint density at radius 1 is 1.14 bits per heavy atom. The smallest absolute Gasteiger partial charge is 0.214 e. The molecular weight excluding hydrogens is 264 g/mol. The lowest BCUT2D eigenvalue weighted by Crippen LogP contribution is -2.13. The molecule has 1 aromatic heterocycles. The molecule has 4 heteroatoms. The molecule has 0 aliphatic rings. The van der Waals surface area contributed by atoms with Crippen LogP contribution < -0.4 is 0 Å². The maximum absolute atomic E-state index is 11.1. The number of H-pyrrole nitrogens is 1. The Kier molecular flexibility index (Phi) is 3.44. The van der Waals surface area contributed by atoms with Gasteiger partial charge < -0.3 is 4.98 Å². The van der Waals surface area contributed by atoms with Gasteiger partial charge in [0, 0.05) is 22.0 Å². The number of aromatic nitrogens is 1. The Labute approximate surface area is 122 Å². The number of para-hydroxylation sites is 1. The lowest BCUT2D eigenvalue weighted by Gasteiger charge is -2.13. The Hall–Kier alpha value is -2.62. The van der Waals surface area contributed by atoms with Crippen molar-refractivity contribution in [2.45, 2.75) is 12.8 Å². The Morgan fingerprint density at radius 3 is 2.57 bits per heavy atom. The van der Waals surface area contributed by atoms with E-state index in [-0.39, 0.29) is 17.4 Å². The fraction of sp³-hybridized carbons (Fsp3) is 0.176. The van der Waals surface area contributed by atoms with Crippen LogP contribution in [0.4, 0.5) is 0 Å². The number of nitro groups is 1. The number of hydrogen-bond donors (Lipinski definition) is 1. The molecule has 0 aliphatic carbocycles. The summed E-state index contributed by atoms with van der Waals surface area (Å²) in [6.07, 6.45) is 1.89. The van der Waals surface area contributed by atoms with Crippen molar-refractivity contribution in [3.05, 3.63) is 81.5 Å². The number of benzene rings is 2. The number of hydrogen-bond acceptors (Lipinski definition) is 2. The first kappa shape index (κ1) is 13.4. The van der Waals surface area contributed by atoms with Crippen molar-refractivity contribution < 1.29 is 4.92 Å². The number of fused-ring (bicyclic) bond motifs is 1. The lowest BCUT2D eigenvalue weighted by atomic mass is 9.90. The third-order valence-corrected chi connectivity index (χ3v) is 3.81. The summed E-state index contributed by atoms with van der Waals surface area (Å²) >= 11 is 0. The van der Waals surface area contributed by atoms with E-state index in [0.717, 1.165) is 27.6 Å². The summed E-state index contributed by atoms with van der Waals surface area (Å²) in [6, 6.07) is 15.8. The fourth-order valence-electron chi connectivity index (χ4n) is 2.71. The molecule has 0 unspecified atom stereocenters. The van der Waals surface area contributed by atoms with Crippen LogP contribution in [0.25, 0.3) is 10.9 Å². The number of nitrogens with zero attached hydrogens (tertiary/aromatic N) is 1. The second-order valence-electron chi connectivity index (χ2n) is 5.27. The fourth-order valence-corrected chi connectivity index (χ4v) is 2.71. The number of nitrogens with one attached hydrogen (secondary N) is 1. The topological polar surface area (TPSA) is 58.9 Å². The first-order valence-corrected chi connectivity index (χ1v) is 6.89. The van der Waals surface area contributed by atoms with Crippen LogP contribution in [0.3, 0.4) is 0 Å². The molecule has 0 spiro atoms. The van der Waals surface area contributed by atoms with Gasteiger partial charge in [0.25, 0.3) is 0 Å². The summed E-state index contributed by atoms with van der Waals surface area (Å²) in [5.41, 5.74) is 4.11. The molecule has 0 amide bonds. The monoisotopic (exact) mass is 280 g/mol. The molecule has 106 valence electrons. The van der Waals surface area contributed by atoms with Gasteiger partial charge in [-0.15, -0.1) is 0 Å². The highest BCUT2D eigenvalue weighted by Crippen LogP contribution is 2.31. The van der Waals surface area contributed by atoms with Crippen molar-refractivity contribution in [3.8, 4) is 0 Å². The van der Waals surface area contributed by atoms with Crippen LogP contribution >= 0.6 is 0 Å². The van der Waals surface area contributed by atoms with Gasteiger partial charge in [0.1, 0.15) is 0 Å². The van der Waals surface area contributed by atoms with E-state index in [0.29, 0.717) is 0 Å². The van der Waals surface area contributed by atoms with Gasteiger partial charge >= 0.3 is 0 Å². The number of rotatable bonds is 4. The highest BCUT2D eigenvalue weighted by molar-refractivity contribution is 5.84. The van der Waals surface area contributed by atoms with Gasteiger partial charge in [-0.3, -0.25) is 10.1 Å². The first-order valence-electron chi connectivity index (χ1n) is 6.89. The molecule has 4 nitrogen and oxygen atoms in total. The van der Waals surface area contributed by atoms with Crippen LogP contribution in [0, 0.1) is 17.0 Å². The largest absolute Gasteiger partial charge is 0.361 e. The van der Waals surface area contributed by atoms with Crippen molar-refractivity contribution in [1.82, 2.24) is 4.98 Å². The molecular formula is C17H16N2O2. The van der Waals surface area contributed by atoms with E-state index in [1.54, 1.807) is 0 Å². The Morgan fingerprint density at radius 2 is 1.86 bits per heavy atom. The van der Waals surface area contributed by atoms with Crippen LogP contribution in [0.1, 0.15) is 22.6 Å². The van der Waals surface area contributed by atoms with Gasteiger partial charge in [-0.1, -0.05) is 48.0 Å². The van der Waals surface area contributed by atoms with E-state index in [9.17, 15) is 10.1 Å². The molecule has 0 bridgehead atoms. The first-order chi connectivity index (χ1) is 10.1. The van der Waals surface area contributed by atoms with Crippen molar-refractivity contribution in [2.75, 3.05) is 6.54 Å². The summed E-state index contributed by atoms with van der Waals surface area (Å²) in [4.78, 5) is 14.0. The van der Waals surface area contributed by atoms with Gasteiger partial charge in [0.15, 0.2) is 0 Å². The highest BCUT2D eigenvalue weighted by atomic mass is 16.6. The van der Waals surface area contributed by atoms with Gasteiger partial charge in [0.2, 0.25) is 6.54 Å². The third kappa shape index (κ3) is 2.65. The minimum Gasteiger partial charge on any atom is -0.361 e. The summed E-state index contributed by atoms with van der Waals surface area (Å²) in [5, 5.41) is 12.1. The Bertz CT molecular complexity index is 775. The molecule has 0 saturated heterocycles. The van der Waals surface area contributed by atoms with Crippen molar-refractivity contribution in [2.24, 2.45) is 0 Å². The lowest BCUT2D eigenvalue weighted by molar-refractivity contribution is -0.481. The van der Waals surface area contributed by atoms with E-state index in [1.807, 2.05) is 61.7 Å². The minimum absolute atomic E-state index is 0.106. The van der Waals surface area contributed by atoms with Gasteiger partial charge in [-0.05, 0) is 24.1 Å². The molecule has 1 atom stereocenters. The van der Waals surface area contributed by atoms with Crippen molar-refractivity contribution >= 4 is 10.9 Å². The van der Waals surface area contributed by atoms with Crippen LogP contribution in [0.2, 0.25) is 0 Å². The molecule has 2 aromatic carbocycles. The van der Waals surface area contributed by atoms with Crippen LogP contribution in [0.5, 0.6) is 0 Å². The molecule has 1 N–H and O–H groups in total. The van der Waals surface area contributed by atoms with Crippen molar-refractivity contribution in [3.63, 3.8) is 0 Å². The second kappa shape index (κ2) is 5.40. The molecule has 0 aliphatic heterocycles. The molecule has 3 rings (SSSR count). The molecule has 0 radical (unpaired) electrons. The SMILES string of the molecule is Cc1ccc([C@H](C[N+](=O)[O-])c2c[nH]c3ccccc23)cc1. The maximum Gasteiger partial charge on any atom is 0.214 e. The molecule has 0 fully saturated rings. The molecule has 0 saturated carbocycles. The van der Waals surface area contributed by atoms with Gasteiger partial charge in [-0.25, -0.2) is 0 Å². The average Bonchev–Trinajstić information content (AvgIpc) is 2.89. The van der Waals surface area contributed by atoms with E-state index < -0.39 is 0 Å². The van der Waals surface area contributed by atoms with E-state index in [1.165, 1.54) is 0 Å². The maximum atomic E-state index is 11.1. The highest BCUT2D eigenvalue weighted by Gasteiger charge is 2.22. The van der Waals surface area contributed by atoms with Crippen LogP contribution in [-0.4, -0.2) is 16.5 Å². The summed E-state index contributed by atoms with van der Waals surface area (Å²) in [5.74, 6) is -0.239. The number of aromatic amines is 1. The quantitative estimate of drug-likeness (QED) is 0.582. The standard InChI is InChI=1S/C17H16N2O2/c1-12-6-8-13(9-7-12)16(11-19(20)21)15-10-18-17-5-3-2-4-14(15)17/h2-10,16,18H,11H2,1H3/t16-/m0/s1. The van der Waals surface area contributed by atoms with Crippen LogP contribution in [0.15, 0.2) is 54.7 Å². The van der Waals surface area contributed by atoms with Gasteiger partial charge in [-0.2, -0.15) is 0 Å². The van der Waals surface area contributed by atoms with E-state index >= 15 is 0 Å². The molecule has 3 aromatic rings.